The third kappa shape index (κ3) is 3.26. The molecule has 2 aromatic rings. The van der Waals surface area contributed by atoms with Crippen LogP contribution in [0.15, 0.2) is 30.5 Å². The van der Waals surface area contributed by atoms with Gasteiger partial charge in [0.25, 0.3) is 0 Å². The number of hydrogen-bond acceptors (Lipinski definition) is 3. The molecule has 0 fully saturated rings. The molecule has 4 heteroatoms. The highest BCUT2D eigenvalue weighted by Gasteiger charge is 2.11. The molecule has 106 valence electrons. The Balaban J connectivity index is 2.01. The number of fused-ring (bicyclic) bond motifs is 1. The number of hydrogen-bond donors (Lipinski definition) is 0. The van der Waals surface area contributed by atoms with Crippen LogP contribution in [0.1, 0.15) is 25.3 Å². The summed E-state index contributed by atoms with van der Waals surface area (Å²) in [5, 5.41) is 1.16. The second kappa shape index (κ2) is 6.37. The maximum atomic E-state index is 11.9. The average molecular weight is 273 g/mol. The number of carbonyl (C=O) groups excluding carboxylic acids is 2. The Bertz CT molecular complexity index is 628. The van der Waals surface area contributed by atoms with Crippen molar-refractivity contribution < 1.29 is 14.3 Å². The van der Waals surface area contributed by atoms with E-state index in [4.69, 9.17) is 4.74 Å². The quantitative estimate of drug-likeness (QED) is 0.760. The molecule has 0 saturated heterocycles. The van der Waals surface area contributed by atoms with Gasteiger partial charge in [-0.3, -0.25) is 9.59 Å². The molecule has 0 N–H and O–H groups in total. The molecule has 0 unspecified atom stereocenters. The van der Waals surface area contributed by atoms with Gasteiger partial charge in [-0.1, -0.05) is 18.2 Å². The van der Waals surface area contributed by atoms with Gasteiger partial charge in [0.15, 0.2) is 5.78 Å². The van der Waals surface area contributed by atoms with Gasteiger partial charge in [-0.25, -0.2) is 0 Å². The van der Waals surface area contributed by atoms with Crippen molar-refractivity contribution in [3.63, 3.8) is 0 Å². The Hall–Kier alpha value is -2.10. The third-order valence-electron chi connectivity index (χ3n) is 3.25. The van der Waals surface area contributed by atoms with Gasteiger partial charge < -0.3 is 9.30 Å². The summed E-state index contributed by atoms with van der Waals surface area (Å²) in [5.74, 6) is -0.270. The lowest BCUT2D eigenvalue weighted by molar-refractivity contribution is -0.144. The monoisotopic (exact) mass is 273 g/mol. The highest BCUT2D eigenvalue weighted by atomic mass is 16.5. The molecule has 1 heterocycles. The smallest absolute Gasteiger partial charge is 0.306 e. The number of ether oxygens (including phenoxy) is 1. The fourth-order valence-corrected chi connectivity index (χ4v) is 2.30. The van der Waals surface area contributed by atoms with Crippen LogP contribution in [0.4, 0.5) is 0 Å². The summed E-state index contributed by atoms with van der Waals surface area (Å²) >= 11 is 0. The number of ketones is 1. The number of carbonyl (C=O) groups is 2. The largest absolute Gasteiger partial charge is 0.466 e. The molecule has 2 rings (SSSR count). The van der Waals surface area contributed by atoms with Crippen LogP contribution in [0.5, 0.6) is 0 Å². The zero-order valence-electron chi connectivity index (χ0n) is 11.9. The standard InChI is InChI=1S/C16H19NO3/c1-3-20-16(19)9-8-13(18)11-17-10-12(2)14-6-4-5-7-15(14)17/h4-7,10H,3,8-9,11H2,1-2H3. The third-order valence-corrected chi connectivity index (χ3v) is 3.25. The van der Waals surface area contributed by atoms with Crippen molar-refractivity contribution >= 4 is 22.7 Å². The van der Waals surface area contributed by atoms with Crippen molar-refractivity contribution in [2.75, 3.05) is 6.61 Å². The van der Waals surface area contributed by atoms with E-state index in [9.17, 15) is 9.59 Å². The van der Waals surface area contributed by atoms with E-state index in [-0.39, 0.29) is 24.6 Å². The fourth-order valence-electron chi connectivity index (χ4n) is 2.30. The predicted octanol–water partition coefficient (Wildman–Crippen LogP) is 2.86. The van der Waals surface area contributed by atoms with Crippen molar-refractivity contribution in [2.24, 2.45) is 0 Å². The first-order chi connectivity index (χ1) is 9.61. The molecular formula is C16H19NO3. The molecule has 0 radical (unpaired) electrons. The van der Waals surface area contributed by atoms with Crippen molar-refractivity contribution in [2.45, 2.75) is 33.2 Å². The van der Waals surface area contributed by atoms with E-state index in [0.29, 0.717) is 13.2 Å². The van der Waals surface area contributed by atoms with Gasteiger partial charge in [-0.2, -0.15) is 0 Å². The van der Waals surface area contributed by atoms with Crippen LogP contribution in [0.2, 0.25) is 0 Å². The van der Waals surface area contributed by atoms with Crippen LogP contribution in [-0.4, -0.2) is 22.9 Å². The zero-order valence-corrected chi connectivity index (χ0v) is 11.9. The number of nitrogens with zero attached hydrogens (tertiary/aromatic N) is 1. The van der Waals surface area contributed by atoms with Gasteiger partial charge >= 0.3 is 5.97 Å². The van der Waals surface area contributed by atoms with Gasteiger partial charge in [0.05, 0.1) is 19.6 Å². The average Bonchev–Trinajstić information content (AvgIpc) is 2.74. The van der Waals surface area contributed by atoms with Crippen LogP contribution < -0.4 is 0 Å². The molecule has 0 amide bonds. The van der Waals surface area contributed by atoms with Gasteiger partial charge in [0, 0.05) is 23.5 Å². The van der Waals surface area contributed by atoms with Gasteiger partial charge in [0.2, 0.25) is 0 Å². The second-order valence-electron chi connectivity index (χ2n) is 4.80. The summed E-state index contributed by atoms with van der Waals surface area (Å²) in [5.41, 5.74) is 2.20. The van der Waals surface area contributed by atoms with E-state index in [0.717, 1.165) is 16.5 Å². The van der Waals surface area contributed by atoms with E-state index >= 15 is 0 Å². The highest BCUT2D eigenvalue weighted by molar-refractivity contribution is 5.87. The minimum atomic E-state index is -0.311. The molecule has 0 saturated carbocycles. The van der Waals surface area contributed by atoms with E-state index in [1.165, 1.54) is 0 Å². The van der Waals surface area contributed by atoms with E-state index in [1.807, 2.05) is 42.0 Å². The molecule has 0 atom stereocenters. The number of aromatic nitrogens is 1. The van der Waals surface area contributed by atoms with E-state index < -0.39 is 0 Å². The van der Waals surface area contributed by atoms with E-state index in [1.54, 1.807) is 6.92 Å². The summed E-state index contributed by atoms with van der Waals surface area (Å²) < 4.78 is 6.76. The van der Waals surface area contributed by atoms with Crippen LogP contribution in [0, 0.1) is 6.92 Å². The number of benzene rings is 1. The Morgan fingerprint density at radius 2 is 1.95 bits per heavy atom. The Kier molecular flexibility index (Phi) is 4.56. The van der Waals surface area contributed by atoms with Crippen molar-refractivity contribution in [3.8, 4) is 0 Å². The predicted molar refractivity (Wildman–Crippen MR) is 77.5 cm³/mol. The minimum absolute atomic E-state index is 0.0406. The number of aryl methyl sites for hydroxylation is 1. The zero-order chi connectivity index (χ0) is 14.5. The van der Waals surface area contributed by atoms with Crippen molar-refractivity contribution in [1.82, 2.24) is 4.57 Å². The van der Waals surface area contributed by atoms with Gasteiger partial charge in [0.1, 0.15) is 0 Å². The topological polar surface area (TPSA) is 48.3 Å². The normalized spacial score (nSPS) is 10.7. The molecular weight excluding hydrogens is 254 g/mol. The summed E-state index contributed by atoms with van der Waals surface area (Å²) in [6.07, 6.45) is 2.36. The molecule has 20 heavy (non-hydrogen) atoms. The van der Waals surface area contributed by atoms with Crippen molar-refractivity contribution in [3.05, 3.63) is 36.0 Å². The maximum absolute atomic E-state index is 11.9. The second-order valence-corrected chi connectivity index (χ2v) is 4.80. The van der Waals surface area contributed by atoms with Crippen molar-refractivity contribution in [1.29, 1.82) is 0 Å². The molecule has 1 aromatic heterocycles. The molecule has 0 bridgehead atoms. The highest BCUT2D eigenvalue weighted by Crippen LogP contribution is 2.20. The Morgan fingerprint density at radius 3 is 2.70 bits per heavy atom. The van der Waals surface area contributed by atoms with Crippen LogP contribution in [0.25, 0.3) is 10.9 Å². The van der Waals surface area contributed by atoms with Crippen LogP contribution in [-0.2, 0) is 20.9 Å². The fraction of sp³-hybridized carbons (Fsp3) is 0.375. The van der Waals surface area contributed by atoms with Crippen LogP contribution >= 0.6 is 0 Å². The van der Waals surface area contributed by atoms with E-state index in [2.05, 4.69) is 0 Å². The summed E-state index contributed by atoms with van der Waals surface area (Å²) in [7, 11) is 0. The number of para-hydroxylation sites is 1. The molecule has 1 aromatic carbocycles. The summed E-state index contributed by atoms with van der Waals surface area (Å²) in [4.78, 5) is 23.2. The van der Waals surface area contributed by atoms with Gasteiger partial charge in [-0.05, 0) is 25.5 Å². The first-order valence-electron chi connectivity index (χ1n) is 6.83. The number of Topliss-reactive ketones (excluding diaryl/α,β-unsaturated/α-hetero) is 1. The Morgan fingerprint density at radius 1 is 1.20 bits per heavy atom. The first kappa shape index (κ1) is 14.3. The molecule has 0 aliphatic rings. The lowest BCUT2D eigenvalue weighted by Crippen LogP contribution is -2.12. The van der Waals surface area contributed by atoms with Crippen LogP contribution in [0.3, 0.4) is 0 Å². The molecule has 0 aliphatic heterocycles. The number of esters is 1. The molecule has 0 aliphatic carbocycles. The molecule has 4 nitrogen and oxygen atoms in total. The first-order valence-corrected chi connectivity index (χ1v) is 6.83. The summed E-state index contributed by atoms with van der Waals surface area (Å²) in [6, 6.07) is 7.99. The Labute approximate surface area is 118 Å². The maximum Gasteiger partial charge on any atom is 0.306 e. The number of rotatable bonds is 6. The lowest BCUT2D eigenvalue weighted by Gasteiger charge is -2.05. The molecule has 0 spiro atoms. The summed E-state index contributed by atoms with van der Waals surface area (Å²) in [6.45, 7) is 4.44. The SMILES string of the molecule is CCOC(=O)CCC(=O)Cn1cc(C)c2ccccc21. The lowest BCUT2D eigenvalue weighted by atomic mass is 10.2. The van der Waals surface area contributed by atoms with Gasteiger partial charge in [-0.15, -0.1) is 0 Å². The minimum Gasteiger partial charge on any atom is -0.466 e.